The second kappa shape index (κ2) is 6.16. The summed E-state index contributed by atoms with van der Waals surface area (Å²) in [6, 6.07) is 7.39. The Balaban J connectivity index is 1.68. The maximum Gasteiger partial charge on any atom is 0.240 e. The lowest BCUT2D eigenvalue weighted by Gasteiger charge is -2.57. The number of nitrogens with one attached hydrogen (secondary N) is 1. The molecule has 0 amide bonds. The number of ether oxygens (including phenoxy) is 1. The predicted octanol–water partition coefficient (Wildman–Crippen LogP) is 1.77. The van der Waals surface area contributed by atoms with Crippen molar-refractivity contribution in [2.45, 2.75) is 44.2 Å². The van der Waals surface area contributed by atoms with Gasteiger partial charge in [0.2, 0.25) is 10.0 Å². The number of nitrogens with zero attached hydrogens (tertiary/aromatic N) is 1. The molecule has 1 aromatic rings. The molecule has 23 heavy (non-hydrogen) atoms. The molecule has 0 aromatic heterocycles. The standard InChI is InChI=1S/C17H26N2O3S/c1-13-4-6-14(7-5-13)23(20,21)18-15-12-16(17(15,2)3)19-8-10-22-11-9-19/h4-7,15-16,18H,8-12H2,1-3H3. The highest BCUT2D eigenvalue weighted by atomic mass is 32.2. The van der Waals surface area contributed by atoms with Crippen molar-refractivity contribution in [2.75, 3.05) is 26.3 Å². The van der Waals surface area contributed by atoms with E-state index in [9.17, 15) is 8.42 Å². The Labute approximate surface area is 139 Å². The number of hydrogen-bond donors (Lipinski definition) is 1. The van der Waals surface area contributed by atoms with Crippen LogP contribution < -0.4 is 4.72 Å². The number of rotatable bonds is 4. The Hall–Kier alpha value is -0.950. The van der Waals surface area contributed by atoms with Gasteiger partial charge in [0.25, 0.3) is 0 Å². The van der Waals surface area contributed by atoms with Crippen LogP contribution in [0.1, 0.15) is 25.8 Å². The van der Waals surface area contributed by atoms with Crippen LogP contribution in [0.25, 0.3) is 0 Å². The first-order valence-electron chi connectivity index (χ1n) is 8.21. The minimum absolute atomic E-state index is 0.0263. The van der Waals surface area contributed by atoms with Crippen LogP contribution in [0.2, 0.25) is 0 Å². The van der Waals surface area contributed by atoms with Crippen molar-refractivity contribution < 1.29 is 13.2 Å². The highest BCUT2D eigenvalue weighted by Gasteiger charge is 2.52. The molecule has 2 fully saturated rings. The van der Waals surface area contributed by atoms with Crippen LogP contribution in [-0.2, 0) is 14.8 Å². The molecule has 1 aliphatic heterocycles. The smallest absolute Gasteiger partial charge is 0.240 e. The van der Waals surface area contributed by atoms with E-state index in [4.69, 9.17) is 4.74 Å². The maximum atomic E-state index is 12.6. The highest BCUT2D eigenvalue weighted by Crippen LogP contribution is 2.44. The van der Waals surface area contributed by atoms with E-state index in [1.807, 2.05) is 19.1 Å². The lowest BCUT2D eigenvalue weighted by molar-refractivity contribution is -0.0721. The average Bonchev–Trinajstić information content (AvgIpc) is 2.52. The van der Waals surface area contributed by atoms with Crippen LogP contribution in [0.3, 0.4) is 0 Å². The summed E-state index contributed by atoms with van der Waals surface area (Å²) in [5.41, 5.74) is 0.982. The number of aryl methyl sites for hydroxylation is 1. The Morgan fingerprint density at radius 1 is 1.17 bits per heavy atom. The fraction of sp³-hybridized carbons (Fsp3) is 0.647. The van der Waals surface area contributed by atoms with Crippen LogP contribution >= 0.6 is 0 Å². The van der Waals surface area contributed by atoms with E-state index >= 15 is 0 Å². The van der Waals surface area contributed by atoms with Gasteiger partial charge in [-0.15, -0.1) is 0 Å². The van der Waals surface area contributed by atoms with E-state index in [0.29, 0.717) is 10.9 Å². The van der Waals surface area contributed by atoms with Crippen molar-refractivity contribution in [1.82, 2.24) is 9.62 Å². The van der Waals surface area contributed by atoms with Crippen molar-refractivity contribution in [3.8, 4) is 0 Å². The Morgan fingerprint density at radius 2 is 1.78 bits per heavy atom. The van der Waals surface area contributed by atoms with E-state index < -0.39 is 10.0 Å². The van der Waals surface area contributed by atoms with Gasteiger partial charge in [0, 0.05) is 25.2 Å². The van der Waals surface area contributed by atoms with E-state index in [1.54, 1.807) is 12.1 Å². The van der Waals surface area contributed by atoms with Gasteiger partial charge in [-0.25, -0.2) is 13.1 Å². The molecule has 1 N–H and O–H groups in total. The van der Waals surface area contributed by atoms with Crippen molar-refractivity contribution in [1.29, 1.82) is 0 Å². The fourth-order valence-electron chi connectivity index (χ4n) is 3.58. The topological polar surface area (TPSA) is 58.6 Å². The highest BCUT2D eigenvalue weighted by molar-refractivity contribution is 7.89. The van der Waals surface area contributed by atoms with Crippen molar-refractivity contribution >= 4 is 10.0 Å². The normalized spacial score (nSPS) is 28.3. The quantitative estimate of drug-likeness (QED) is 0.909. The molecule has 1 heterocycles. The molecular formula is C17H26N2O3S. The third-order valence-corrected chi connectivity index (χ3v) is 6.82. The zero-order valence-corrected chi connectivity index (χ0v) is 14.9. The molecule has 0 bridgehead atoms. The van der Waals surface area contributed by atoms with Crippen LogP contribution in [0.4, 0.5) is 0 Å². The van der Waals surface area contributed by atoms with Gasteiger partial charge in [0.05, 0.1) is 18.1 Å². The molecular weight excluding hydrogens is 312 g/mol. The summed E-state index contributed by atoms with van der Waals surface area (Å²) in [6.07, 6.45) is 0.859. The molecule has 3 rings (SSSR count). The lowest BCUT2D eigenvalue weighted by atomic mass is 9.62. The number of benzene rings is 1. The monoisotopic (exact) mass is 338 g/mol. The summed E-state index contributed by atoms with van der Waals surface area (Å²) in [7, 11) is -3.46. The van der Waals surface area contributed by atoms with Crippen LogP contribution in [0.5, 0.6) is 0 Å². The number of sulfonamides is 1. The van der Waals surface area contributed by atoms with Gasteiger partial charge < -0.3 is 4.74 Å². The van der Waals surface area contributed by atoms with Gasteiger partial charge in [-0.2, -0.15) is 0 Å². The summed E-state index contributed by atoms with van der Waals surface area (Å²) < 4.78 is 33.5. The van der Waals surface area contributed by atoms with E-state index in [1.165, 1.54) is 0 Å². The Morgan fingerprint density at radius 3 is 2.35 bits per heavy atom. The third-order valence-electron chi connectivity index (χ3n) is 5.33. The van der Waals surface area contributed by atoms with Crippen molar-refractivity contribution in [2.24, 2.45) is 5.41 Å². The SMILES string of the molecule is Cc1ccc(S(=O)(=O)NC2CC(N3CCOCC3)C2(C)C)cc1. The Kier molecular flexibility index (Phi) is 4.53. The molecule has 1 saturated heterocycles. The van der Waals surface area contributed by atoms with Crippen LogP contribution in [-0.4, -0.2) is 51.7 Å². The van der Waals surface area contributed by atoms with Gasteiger partial charge >= 0.3 is 0 Å². The van der Waals surface area contributed by atoms with Crippen molar-refractivity contribution in [3.63, 3.8) is 0 Å². The zero-order valence-electron chi connectivity index (χ0n) is 14.1. The van der Waals surface area contributed by atoms with Crippen LogP contribution in [0.15, 0.2) is 29.2 Å². The lowest BCUT2D eigenvalue weighted by Crippen LogP contribution is -2.67. The first-order valence-corrected chi connectivity index (χ1v) is 9.70. The second-order valence-corrected chi connectivity index (χ2v) is 8.92. The molecule has 0 spiro atoms. The van der Waals surface area contributed by atoms with E-state index in [0.717, 1.165) is 38.3 Å². The molecule has 1 saturated carbocycles. The zero-order chi connectivity index (χ0) is 16.7. The molecule has 6 heteroatoms. The molecule has 128 valence electrons. The second-order valence-electron chi connectivity index (χ2n) is 7.21. The largest absolute Gasteiger partial charge is 0.379 e. The van der Waals surface area contributed by atoms with Crippen molar-refractivity contribution in [3.05, 3.63) is 29.8 Å². The molecule has 0 radical (unpaired) electrons. The van der Waals surface area contributed by atoms with Gasteiger partial charge in [-0.3, -0.25) is 4.90 Å². The number of morpholine rings is 1. The predicted molar refractivity (Wildman–Crippen MR) is 89.9 cm³/mol. The Bertz CT molecular complexity index is 649. The molecule has 2 unspecified atom stereocenters. The molecule has 1 aliphatic carbocycles. The summed E-state index contributed by atoms with van der Waals surface area (Å²) in [5.74, 6) is 0. The maximum absolute atomic E-state index is 12.6. The summed E-state index contributed by atoms with van der Waals surface area (Å²) in [6.45, 7) is 9.67. The van der Waals surface area contributed by atoms with Gasteiger partial charge in [0.15, 0.2) is 0 Å². The van der Waals surface area contributed by atoms with Crippen LogP contribution in [0, 0.1) is 12.3 Å². The van der Waals surface area contributed by atoms with Gasteiger partial charge in [0.1, 0.15) is 0 Å². The summed E-state index contributed by atoms with van der Waals surface area (Å²) in [4.78, 5) is 2.77. The first kappa shape index (κ1) is 16.9. The first-order chi connectivity index (χ1) is 10.8. The summed E-state index contributed by atoms with van der Waals surface area (Å²) >= 11 is 0. The third kappa shape index (κ3) is 3.31. The summed E-state index contributed by atoms with van der Waals surface area (Å²) in [5, 5.41) is 0. The van der Waals surface area contributed by atoms with Gasteiger partial charge in [-0.05, 0) is 30.9 Å². The minimum Gasteiger partial charge on any atom is -0.379 e. The van der Waals surface area contributed by atoms with E-state index in [2.05, 4.69) is 23.5 Å². The minimum atomic E-state index is -3.46. The fourth-order valence-corrected chi connectivity index (χ4v) is 4.99. The molecule has 2 atom stereocenters. The average molecular weight is 338 g/mol. The molecule has 1 aromatic carbocycles. The van der Waals surface area contributed by atoms with Gasteiger partial charge in [-0.1, -0.05) is 31.5 Å². The number of hydrogen-bond acceptors (Lipinski definition) is 4. The molecule has 5 nitrogen and oxygen atoms in total. The molecule has 2 aliphatic rings. The van der Waals surface area contributed by atoms with E-state index in [-0.39, 0.29) is 11.5 Å².